The smallest absolute Gasteiger partial charge is 0.435 e. The minimum Gasteiger partial charge on any atom is -0.444 e. The summed E-state index contributed by atoms with van der Waals surface area (Å²) in [5.74, 6) is 0.124. The molecule has 6 nitrogen and oxygen atoms in total. The Morgan fingerprint density at radius 3 is 1.65 bits per heavy atom. The number of carbonyl (C=O) groups excluding carboxylic acids is 2. The van der Waals surface area contributed by atoms with Gasteiger partial charge in [-0.3, -0.25) is 5.32 Å². The largest absolute Gasteiger partial charge is 0.444 e. The zero-order valence-corrected chi connectivity index (χ0v) is 14.1. The third kappa shape index (κ3) is 14.5. The molecule has 0 fully saturated rings. The summed E-state index contributed by atoms with van der Waals surface area (Å²) in [6.45, 7) is 15.9. The average molecular weight is 288 g/mol. The van der Waals surface area contributed by atoms with E-state index < -0.39 is 23.4 Å². The van der Waals surface area contributed by atoms with E-state index >= 15 is 0 Å². The van der Waals surface area contributed by atoms with Gasteiger partial charge in [0.15, 0.2) is 0 Å². The van der Waals surface area contributed by atoms with Crippen molar-refractivity contribution in [2.24, 2.45) is 4.99 Å². The van der Waals surface area contributed by atoms with Crippen LogP contribution >= 0.6 is 0 Å². The summed E-state index contributed by atoms with van der Waals surface area (Å²) in [6.07, 6.45) is -1.41. The molecule has 1 N–H and O–H groups in total. The Morgan fingerprint density at radius 1 is 0.900 bits per heavy atom. The molecule has 0 aliphatic carbocycles. The van der Waals surface area contributed by atoms with E-state index in [1.807, 2.05) is 13.8 Å². The van der Waals surface area contributed by atoms with Gasteiger partial charge in [0.1, 0.15) is 17.0 Å². The highest BCUT2D eigenvalue weighted by molar-refractivity contribution is 5.98. The lowest BCUT2D eigenvalue weighted by Gasteiger charge is -2.20. The van der Waals surface area contributed by atoms with E-state index in [1.54, 1.807) is 41.5 Å². The molecule has 0 saturated carbocycles. The van der Waals surface area contributed by atoms with Gasteiger partial charge in [0.05, 0.1) is 0 Å². The van der Waals surface area contributed by atoms with Gasteiger partial charge in [-0.15, -0.1) is 0 Å². The Bertz CT molecular complexity index is 349. The first-order valence-corrected chi connectivity index (χ1v) is 6.67. The van der Waals surface area contributed by atoms with Crippen LogP contribution in [0.15, 0.2) is 4.99 Å². The van der Waals surface area contributed by atoms with E-state index in [1.165, 1.54) is 6.92 Å². The molecule has 0 rings (SSSR count). The maximum atomic E-state index is 11.4. The normalized spacial score (nSPS) is 11.9. The molecule has 20 heavy (non-hydrogen) atoms. The second-order valence-electron chi connectivity index (χ2n) is 5.80. The summed E-state index contributed by atoms with van der Waals surface area (Å²) in [5, 5.41) is 2.34. The molecule has 0 unspecified atom stereocenters. The molecule has 0 spiro atoms. The van der Waals surface area contributed by atoms with Crippen molar-refractivity contribution in [1.29, 1.82) is 0 Å². The second kappa shape index (κ2) is 8.55. The second-order valence-corrected chi connectivity index (χ2v) is 5.80. The number of carbonyl (C=O) groups is 2. The highest BCUT2D eigenvalue weighted by Gasteiger charge is 2.18. The van der Waals surface area contributed by atoms with Gasteiger partial charge in [0, 0.05) is 0 Å². The summed E-state index contributed by atoms with van der Waals surface area (Å²) >= 11 is 0. The number of amidine groups is 1. The number of ether oxygens (including phenoxy) is 2. The van der Waals surface area contributed by atoms with Gasteiger partial charge in [-0.05, 0) is 48.5 Å². The molecule has 6 heteroatoms. The number of nitrogens with one attached hydrogen (secondary N) is 1. The first-order chi connectivity index (χ1) is 8.89. The molecule has 0 aromatic carbocycles. The van der Waals surface area contributed by atoms with Crippen molar-refractivity contribution in [2.75, 3.05) is 0 Å². The fourth-order valence-corrected chi connectivity index (χ4v) is 0.901. The average Bonchev–Trinajstić information content (AvgIpc) is 2.12. The van der Waals surface area contributed by atoms with Crippen LogP contribution in [0.4, 0.5) is 9.59 Å². The summed E-state index contributed by atoms with van der Waals surface area (Å²) in [4.78, 5) is 26.3. The molecule has 0 atom stereocenters. The van der Waals surface area contributed by atoms with E-state index in [-0.39, 0.29) is 5.84 Å². The lowest BCUT2D eigenvalue weighted by Crippen LogP contribution is -2.35. The summed E-state index contributed by atoms with van der Waals surface area (Å²) < 4.78 is 9.98. The third-order valence-corrected chi connectivity index (χ3v) is 1.33. The molecule has 0 radical (unpaired) electrons. The standard InChI is InChI=1S/C12H22N2O4.C2H6/c1-8(13-9(15)17-11(2,3)4)14-10(16)18-12(5,6)7;1-2/h1-7H3,(H,13,14,15,16);1-2H3. The Balaban J connectivity index is 0. The monoisotopic (exact) mass is 288 g/mol. The number of nitrogens with zero attached hydrogens (tertiary/aromatic N) is 1. The lowest BCUT2D eigenvalue weighted by molar-refractivity contribution is 0.0562. The van der Waals surface area contributed by atoms with Crippen molar-refractivity contribution >= 4 is 18.0 Å². The van der Waals surface area contributed by atoms with Crippen LogP contribution in [-0.2, 0) is 9.47 Å². The maximum absolute atomic E-state index is 11.4. The Kier molecular flexibility index (Phi) is 8.86. The number of rotatable bonds is 0. The van der Waals surface area contributed by atoms with E-state index in [0.717, 1.165) is 0 Å². The van der Waals surface area contributed by atoms with Crippen molar-refractivity contribution in [3.8, 4) is 0 Å². The van der Waals surface area contributed by atoms with Gasteiger partial charge in [0.2, 0.25) is 0 Å². The first-order valence-electron chi connectivity index (χ1n) is 6.67. The van der Waals surface area contributed by atoms with Crippen molar-refractivity contribution in [2.45, 2.75) is 73.5 Å². The summed E-state index contributed by atoms with van der Waals surface area (Å²) in [7, 11) is 0. The van der Waals surface area contributed by atoms with E-state index in [4.69, 9.17) is 9.47 Å². The van der Waals surface area contributed by atoms with Crippen LogP contribution < -0.4 is 5.32 Å². The molecule has 0 saturated heterocycles. The van der Waals surface area contributed by atoms with Crippen LogP contribution in [0.25, 0.3) is 0 Å². The van der Waals surface area contributed by atoms with Crippen LogP contribution in [-0.4, -0.2) is 29.2 Å². The molecule has 0 heterocycles. The Morgan fingerprint density at radius 2 is 1.30 bits per heavy atom. The van der Waals surface area contributed by atoms with E-state index in [9.17, 15) is 9.59 Å². The fraction of sp³-hybridized carbons (Fsp3) is 0.786. The molecule has 0 aromatic rings. The predicted molar refractivity (Wildman–Crippen MR) is 80.1 cm³/mol. The van der Waals surface area contributed by atoms with Crippen LogP contribution in [0.3, 0.4) is 0 Å². The molecule has 0 bridgehead atoms. The lowest BCUT2D eigenvalue weighted by atomic mass is 10.2. The number of alkyl carbamates (subject to hydrolysis) is 1. The molecule has 0 aliphatic rings. The van der Waals surface area contributed by atoms with Gasteiger partial charge in [-0.2, -0.15) is 4.99 Å². The van der Waals surface area contributed by atoms with Crippen LogP contribution in [0.2, 0.25) is 0 Å². The quantitative estimate of drug-likeness (QED) is 0.542. The predicted octanol–water partition coefficient (Wildman–Crippen LogP) is 3.89. The third-order valence-electron chi connectivity index (χ3n) is 1.33. The van der Waals surface area contributed by atoms with Crippen LogP contribution in [0.1, 0.15) is 62.3 Å². The molecule has 2 amide bonds. The zero-order valence-electron chi connectivity index (χ0n) is 14.1. The van der Waals surface area contributed by atoms with Gasteiger partial charge >= 0.3 is 12.2 Å². The number of amides is 2. The minimum atomic E-state index is -0.754. The van der Waals surface area contributed by atoms with Crippen LogP contribution in [0.5, 0.6) is 0 Å². The van der Waals surface area contributed by atoms with Crippen molar-refractivity contribution < 1.29 is 19.1 Å². The minimum absolute atomic E-state index is 0.124. The van der Waals surface area contributed by atoms with Gasteiger partial charge in [0.25, 0.3) is 0 Å². The molecular weight excluding hydrogens is 260 g/mol. The number of hydrogen-bond acceptors (Lipinski definition) is 4. The van der Waals surface area contributed by atoms with E-state index in [0.29, 0.717) is 0 Å². The van der Waals surface area contributed by atoms with Gasteiger partial charge in [-0.1, -0.05) is 13.8 Å². The highest BCUT2D eigenvalue weighted by Crippen LogP contribution is 2.08. The first kappa shape index (κ1) is 20.7. The fourth-order valence-electron chi connectivity index (χ4n) is 0.901. The topological polar surface area (TPSA) is 77.0 Å². The van der Waals surface area contributed by atoms with Crippen molar-refractivity contribution in [1.82, 2.24) is 5.32 Å². The number of hydrogen-bond donors (Lipinski definition) is 1. The summed E-state index contributed by atoms with van der Waals surface area (Å²) in [6, 6.07) is 0. The van der Waals surface area contributed by atoms with Gasteiger partial charge in [-0.25, -0.2) is 9.59 Å². The van der Waals surface area contributed by atoms with E-state index in [2.05, 4.69) is 10.3 Å². The van der Waals surface area contributed by atoms with Crippen LogP contribution in [0, 0.1) is 0 Å². The maximum Gasteiger partial charge on any atom is 0.435 e. The van der Waals surface area contributed by atoms with Crippen molar-refractivity contribution in [3.63, 3.8) is 0 Å². The Labute approximate surface area is 121 Å². The molecule has 0 aliphatic heterocycles. The molecule has 118 valence electrons. The zero-order chi connectivity index (χ0) is 16.6. The Hall–Kier alpha value is -1.59. The SMILES string of the molecule is C/C(=N/C(=O)OC(C)(C)C)NC(=O)OC(C)(C)C.CC. The highest BCUT2D eigenvalue weighted by atomic mass is 16.6. The van der Waals surface area contributed by atoms with Gasteiger partial charge < -0.3 is 9.47 Å². The van der Waals surface area contributed by atoms with Crippen molar-refractivity contribution in [3.05, 3.63) is 0 Å². The molecular formula is C14H28N2O4. The summed E-state index contributed by atoms with van der Waals surface area (Å²) in [5.41, 5.74) is -1.22. The molecule has 0 aromatic heterocycles. The number of aliphatic imine (C=N–C) groups is 1.